The second-order valence-electron chi connectivity index (χ2n) is 7.93. The van der Waals surface area contributed by atoms with Crippen LogP contribution >= 0.6 is 0 Å². The molecule has 0 unspecified atom stereocenters. The van der Waals surface area contributed by atoms with E-state index in [9.17, 15) is 14.9 Å². The average Bonchev–Trinajstić information content (AvgIpc) is 2.79. The normalized spacial score (nSPS) is 13.3. The number of nitriles is 1. The smallest absolute Gasteiger partial charge is 0.337 e. The van der Waals surface area contributed by atoms with Crippen molar-refractivity contribution in [3.05, 3.63) is 75.9 Å². The van der Waals surface area contributed by atoms with Crippen LogP contribution in [0.1, 0.15) is 59.2 Å². The van der Waals surface area contributed by atoms with Crippen LogP contribution in [0, 0.1) is 18.3 Å². The molecule has 0 saturated heterocycles. The van der Waals surface area contributed by atoms with Crippen molar-refractivity contribution in [2.24, 2.45) is 0 Å². The van der Waals surface area contributed by atoms with E-state index in [1.807, 2.05) is 37.3 Å². The second kappa shape index (κ2) is 10.6. The van der Waals surface area contributed by atoms with Crippen LogP contribution in [0.5, 0.6) is 0 Å². The second-order valence-corrected chi connectivity index (χ2v) is 7.93. The van der Waals surface area contributed by atoms with Crippen LogP contribution in [0.4, 0.5) is 5.69 Å². The van der Waals surface area contributed by atoms with E-state index in [2.05, 4.69) is 11.4 Å². The third-order valence-electron chi connectivity index (χ3n) is 5.81. The van der Waals surface area contributed by atoms with E-state index in [0.717, 1.165) is 55.2 Å². The van der Waals surface area contributed by atoms with Gasteiger partial charge in [-0.15, -0.1) is 0 Å². The first-order chi connectivity index (χ1) is 15.0. The number of ether oxygens (including phenoxy) is 1. The maximum Gasteiger partial charge on any atom is 0.337 e. The zero-order valence-electron chi connectivity index (χ0n) is 18.2. The Bertz CT molecular complexity index is 1020. The highest BCUT2D eigenvalue weighted by atomic mass is 16.5. The Kier molecular flexibility index (Phi) is 7.61. The zero-order valence-corrected chi connectivity index (χ0v) is 18.2. The minimum atomic E-state index is -0.335. The summed E-state index contributed by atoms with van der Waals surface area (Å²) in [6.45, 7) is 2.02. The highest BCUT2D eigenvalue weighted by Crippen LogP contribution is 2.26. The molecule has 5 heteroatoms. The lowest BCUT2D eigenvalue weighted by Crippen LogP contribution is -2.16. The number of hydrogen-bond donors (Lipinski definition) is 1. The van der Waals surface area contributed by atoms with Gasteiger partial charge in [0.25, 0.3) is 5.91 Å². The Morgan fingerprint density at radius 1 is 1.03 bits per heavy atom. The van der Waals surface area contributed by atoms with Gasteiger partial charge >= 0.3 is 5.97 Å². The van der Waals surface area contributed by atoms with E-state index in [-0.39, 0.29) is 17.4 Å². The van der Waals surface area contributed by atoms with Gasteiger partial charge in [-0.3, -0.25) is 4.79 Å². The molecule has 0 spiro atoms. The number of rotatable bonds is 6. The predicted octanol–water partition coefficient (Wildman–Crippen LogP) is 5.29. The highest BCUT2D eigenvalue weighted by Gasteiger charge is 2.18. The van der Waals surface area contributed by atoms with Gasteiger partial charge < -0.3 is 10.1 Å². The Hall–Kier alpha value is -3.39. The molecule has 160 valence electrons. The number of anilines is 1. The number of methoxy groups -OCH3 is 1. The largest absolute Gasteiger partial charge is 0.465 e. The van der Waals surface area contributed by atoms with Crippen molar-refractivity contribution in [3.8, 4) is 6.07 Å². The fraction of sp³-hybridized carbons (Fsp3) is 0.346. The topological polar surface area (TPSA) is 79.2 Å². The molecule has 0 aliphatic heterocycles. The third-order valence-corrected chi connectivity index (χ3v) is 5.81. The monoisotopic (exact) mass is 416 g/mol. The molecular weight excluding hydrogens is 388 g/mol. The molecule has 0 radical (unpaired) electrons. The Balaban J connectivity index is 1.62. The molecule has 0 atom stereocenters. The lowest BCUT2D eigenvalue weighted by Gasteiger charge is -2.16. The lowest BCUT2D eigenvalue weighted by molar-refractivity contribution is -0.112. The van der Waals surface area contributed by atoms with Crippen LogP contribution in [-0.4, -0.2) is 19.0 Å². The molecule has 1 amide bonds. The summed E-state index contributed by atoms with van der Waals surface area (Å²) < 4.78 is 4.73. The van der Waals surface area contributed by atoms with E-state index in [1.54, 1.807) is 12.1 Å². The summed E-state index contributed by atoms with van der Waals surface area (Å²) in [5, 5.41) is 12.4. The number of carbonyl (C=O) groups is 2. The Morgan fingerprint density at radius 3 is 2.35 bits per heavy atom. The SMILES string of the molecule is COC(=O)c1ccc(CCc2ccc(NC(=O)C(C#N)=C3CCCCC3)cc2C)cc1. The summed E-state index contributed by atoms with van der Waals surface area (Å²) in [4.78, 5) is 24.2. The molecule has 1 fully saturated rings. The summed E-state index contributed by atoms with van der Waals surface area (Å²) in [6.07, 6.45) is 6.65. The summed E-state index contributed by atoms with van der Waals surface area (Å²) in [6, 6.07) is 15.4. The highest BCUT2D eigenvalue weighted by molar-refractivity contribution is 6.07. The number of carbonyl (C=O) groups excluding carboxylic acids is 2. The first kappa shape index (κ1) is 22.3. The predicted molar refractivity (Wildman–Crippen MR) is 121 cm³/mol. The maximum absolute atomic E-state index is 12.6. The molecular formula is C26H28N2O3. The lowest BCUT2D eigenvalue weighted by atomic mass is 9.91. The van der Waals surface area contributed by atoms with E-state index >= 15 is 0 Å². The van der Waals surface area contributed by atoms with E-state index in [4.69, 9.17) is 4.74 Å². The Morgan fingerprint density at radius 2 is 1.74 bits per heavy atom. The van der Waals surface area contributed by atoms with Crippen LogP contribution in [0.25, 0.3) is 0 Å². The Labute approximate surface area is 183 Å². The van der Waals surface area contributed by atoms with E-state index < -0.39 is 0 Å². The van der Waals surface area contributed by atoms with Crippen LogP contribution in [-0.2, 0) is 22.4 Å². The minimum Gasteiger partial charge on any atom is -0.465 e. The van der Waals surface area contributed by atoms with Gasteiger partial charge in [-0.1, -0.05) is 24.6 Å². The number of amides is 1. The number of nitrogens with one attached hydrogen (secondary N) is 1. The van der Waals surface area contributed by atoms with Gasteiger partial charge in [0.05, 0.1) is 12.7 Å². The number of allylic oxidation sites excluding steroid dienone is 1. The fourth-order valence-corrected chi connectivity index (χ4v) is 3.97. The molecule has 0 heterocycles. The average molecular weight is 417 g/mol. The summed E-state index contributed by atoms with van der Waals surface area (Å²) >= 11 is 0. The zero-order chi connectivity index (χ0) is 22.2. The van der Waals surface area contributed by atoms with Gasteiger partial charge in [0.1, 0.15) is 11.6 Å². The van der Waals surface area contributed by atoms with Crippen molar-refractivity contribution >= 4 is 17.6 Å². The number of esters is 1. The molecule has 31 heavy (non-hydrogen) atoms. The van der Waals surface area contributed by atoms with Gasteiger partial charge in [0.2, 0.25) is 0 Å². The first-order valence-corrected chi connectivity index (χ1v) is 10.7. The van der Waals surface area contributed by atoms with Crippen molar-refractivity contribution in [2.45, 2.75) is 51.9 Å². The van der Waals surface area contributed by atoms with E-state index in [0.29, 0.717) is 11.3 Å². The number of benzene rings is 2. The number of aryl methyl sites for hydroxylation is 3. The summed E-state index contributed by atoms with van der Waals surface area (Å²) in [7, 11) is 1.37. The van der Waals surface area contributed by atoms with Crippen molar-refractivity contribution in [1.82, 2.24) is 0 Å². The standard InChI is InChI=1S/C26H28N2O3/c1-18-16-23(28-25(29)24(17-27)21-6-4-3-5-7-21)15-14-20(18)11-8-19-9-12-22(13-10-19)26(30)31-2/h9-10,12-16H,3-8,11H2,1-2H3,(H,28,29). The van der Waals surface area contributed by atoms with Crippen molar-refractivity contribution in [1.29, 1.82) is 5.26 Å². The van der Waals surface area contributed by atoms with Crippen molar-refractivity contribution in [3.63, 3.8) is 0 Å². The van der Waals surface area contributed by atoms with Crippen LogP contribution in [0.3, 0.4) is 0 Å². The van der Waals surface area contributed by atoms with Crippen LogP contribution < -0.4 is 5.32 Å². The summed E-state index contributed by atoms with van der Waals surface area (Å²) in [5.41, 5.74) is 5.94. The van der Waals surface area contributed by atoms with Crippen molar-refractivity contribution in [2.75, 3.05) is 12.4 Å². The van der Waals surface area contributed by atoms with Crippen LogP contribution in [0.15, 0.2) is 53.6 Å². The van der Waals surface area contributed by atoms with Crippen LogP contribution in [0.2, 0.25) is 0 Å². The molecule has 0 aromatic heterocycles. The molecule has 2 aromatic rings. The fourth-order valence-electron chi connectivity index (χ4n) is 3.97. The van der Waals surface area contributed by atoms with Gasteiger partial charge in [0.15, 0.2) is 0 Å². The van der Waals surface area contributed by atoms with Gasteiger partial charge in [-0.25, -0.2) is 4.79 Å². The van der Waals surface area contributed by atoms with Crippen molar-refractivity contribution < 1.29 is 14.3 Å². The molecule has 3 rings (SSSR count). The van der Waals surface area contributed by atoms with Gasteiger partial charge in [0, 0.05) is 5.69 Å². The molecule has 5 nitrogen and oxygen atoms in total. The van der Waals surface area contributed by atoms with E-state index in [1.165, 1.54) is 19.1 Å². The number of nitrogens with zero attached hydrogens (tertiary/aromatic N) is 1. The number of hydrogen-bond acceptors (Lipinski definition) is 4. The molecule has 0 bridgehead atoms. The molecule has 2 aromatic carbocycles. The molecule has 1 saturated carbocycles. The van der Waals surface area contributed by atoms with Gasteiger partial charge in [-0.05, 0) is 92.0 Å². The minimum absolute atomic E-state index is 0.275. The third kappa shape index (κ3) is 5.82. The first-order valence-electron chi connectivity index (χ1n) is 10.7. The molecule has 1 aliphatic carbocycles. The quantitative estimate of drug-likeness (QED) is 0.394. The maximum atomic E-state index is 12.6. The summed E-state index contributed by atoms with van der Waals surface area (Å²) in [5.74, 6) is -0.643. The molecule has 1 aliphatic rings. The van der Waals surface area contributed by atoms with Gasteiger partial charge in [-0.2, -0.15) is 5.26 Å². The molecule has 1 N–H and O–H groups in total.